The monoisotopic (exact) mass is 424 g/mol. The van der Waals surface area contributed by atoms with Crippen LogP contribution in [0.1, 0.15) is 52.0 Å². The third kappa shape index (κ3) is 4.11. The highest BCUT2D eigenvalue weighted by atomic mass is 16.2. The fourth-order valence-corrected chi connectivity index (χ4v) is 5.16. The van der Waals surface area contributed by atoms with Gasteiger partial charge in [-0.25, -0.2) is 14.7 Å². The molecule has 1 aromatic rings. The number of amides is 3. The van der Waals surface area contributed by atoms with E-state index in [1.807, 2.05) is 0 Å². The number of rotatable bonds is 3. The molecule has 0 bridgehead atoms. The molecular weight excluding hydrogens is 392 g/mol. The Hall–Kier alpha value is -2.66. The molecule has 3 amide bonds. The summed E-state index contributed by atoms with van der Waals surface area (Å²) >= 11 is 0. The molecule has 1 N–H and O–H groups in total. The van der Waals surface area contributed by atoms with Crippen molar-refractivity contribution in [2.75, 3.05) is 37.7 Å². The van der Waals surface area contributed by atoms with E-state index < -0.39 is 5.54 Å². The average molecular weight is 425 g/mol. The van der Waals surface area contributed by atoms with Crippen molar-refractivity contribution >= 4 is 17.8 Å². The Morgan fingerprint density at radius 3 is 2.48 bits per heavy atom. The summed E-state index contributed by atoms with van der Waals surface area (Å²) in [5, 5.41) is 12.3. The standard InChI is InChI=1S/C23H32N6O2/c1-22(2,3)18-6-8-23(9-7-18)20(30)29(21(31)26-23)16-27-11-13-28(14-12-27)19-17(15-24)5-4-10-25-19/h4-5,10,18H,6-9,11-14,16H2,1-3H3,(H,26,31). The topological polar surface area (TPSA) is 92.6 Å². The molecule has 2 saturated heterocycles. The Kier molecular flexibility index (Phi) is 5.65. The number of hydrogen-bond acceptors (Lipinski definition) is 6. The SMILES string of the molecule is CC(C)(C)C1CCC2(CC1)NC(=O)N(CN1CCN(c3ncccc3C#N)CC1)C2=O. The molecule has 31 heavy (non-hydrogen) atoms. The highest BCUT2D eigenvalue weighted by Gasteiger charge is 2.53. The van der Waals surface area contributed by atoms with Gasteiger partial charge in [0.25, 0.3) is 5.91 Å². The van der Waals surface area contributed by atoms with E-state index in [1.165, 1.54) is 4.90 Å². The maximum atomic E-state index is 13.3. The van der Waals surface area contributed by atoms with Gasteiger partial charge in [0.2, 0.25) is 0 Å². The van der Waals surface area contributed by atoms with Crippen molar-refractivity contribution in [2.24, 2.45) is 11.3 Å². The first kappa shape index (κ1) is 21.6. The van der Waals surface area contributed by atoms with Crippen molar-refractivity contribution < 1.29 is 9.59 Å². The van der Waals surface area contributed by atoms with Gasteiger partial charge >= 0.3 is 6.03 Å². The minimum absolute atomic E-state index is 0.0659. The Balaban J connectivity index is 1.35. The second kappa shape index (κ2) is 8.12. The van der Waals surface area contributed by atoms with E-state index in [0.29, 0.717) is 50.1 Å². The number of carbonyl (C=O) groups is 2. The van der Waals surface area contributed by atoms with Crippen LogP contribution in [-0.4, -0.2) is 65.1 Å². The van der Waals surface area contributed by atoms with Crippen LogP contribution in [0.2, 0.25) is 0 Å². The van der Waals surface area contributed by atoms with Crippen LogP contribution in [0.5, 0.6) is 0 Å². The number of imide groups is 1. The number of pyridine rings is 1. The third-order valence-corrected chi connectivity index (χ3v) is 7.23. The molecule has 1 aromatic heterocycles. The van der Waals surface area contributed by atoms with Gasteiger partial charge in [-0.1, -0.05) is 20.8 Å². The number of carbonyl (C=O) groups excluding carboxylic acids is 2. The molecule has 1 saturated carbocycles. The minimum atomic E-state index is -0.712. The van der Waals surface area contributed by atoms with Crippen LogP contribution in [0.25, 0.3) is 0 Å². The highest BCUT2D eigenvalue weighted by Crippen LogP contribution is 2.43. The van der Waals surface area contributed by atoms with Crippen LogP contribution in [0.4, 0.5) is 10.6 Å². The van der Waals surface area contributed by atoms with Crippen LogP contribution in [-0.2, 0) is 4.79 Å². The fourth-order valence-electron chi connectivity index (χ4n) is 5.16. The van der Waals surface area contributed by atoms with Crippen molar-refractivity contribution in [3.05, 3.63) is 23.9 Å². The van der Waals surface area contributed by atoms with E-state index in [-0.39, 0.29) is 17.4 Å². The number of nitriles is 1. The molecule has 8 heteroatoms. The summed E-state index contributed by atoms with van der Waals surface area (Å²) in [4.78, 5) is 35.9. The zero-order valence-corrected chi connectivity index (χ0v) is 18.7. The van der Waals surface area contributed by atoms with Crippen molar-refractivity contribution in [1.29, 1.82) is 5.26 Å². The number of nitrogens with one attached hydrogen (secondary N) is 1. The predicted octanol–water partition coefficient (Wildman–Crippen LogP) is 2.56. The maximum Gasteiger partial charge on any atom is 0.326 e. The van der Waals surface area contributed by atoms with Gasteiger partial charge in [0, 0.05) is 32.4 Å². The molecule has 3 aliphatic rings. The zero-order chi connectivity index (χ0) is 22.2. The van der Waals surface area contributed by atoms with E-state index in [2.05, 4.69) is 46.9 Å². The molecule has 3 fully saturated rings. The summed E-state index contributed by atoms with van der Waals surface area (Å²) in [5.41, 5.74) is 0.0833. The van der Waals surface area contributed by atoms with Gasteiger partial charge in [0.15, 0.2) is 0 Å². The number of nitrogens with zero attached hydrogens (tertiary/aromatic N) is 5. The highest BCUT2D eigenvalue weighted by molar-refractivity contribution is 6.07. The number of urea groups is 1. The van der Waals surface area contributed by atoms with Gasteiger partial charge in [0.05, 0.1) is 12.2 Å². The summed E-state index contributed by atoms with van der Waals surface area (Å²) in [5.74, 6) is 1.22. The molecule has 4 rings (SSSR count). The minimum Gasteiger partial charge on any atom is -0.353 e. The van der Waals surface area contributed by atoms with Gasteiger partial charge in [-0.2, -0.15) is 5.26 Å². The first-order valence-electron chi connectivity index (χ1n) is 11.2. The summed E-state index contributed by atoms with van der Waals surface area (Å²) in [6, 6.07) is 5.47. The molecule has 1 spiro atoms. The number of anilines is 1. The van der Waals surface area contributed by atoms with Gasteiger partial charge in [-0.15, -0.1) is 0 Å². The normalized spacial score (nSPS) is 27.5. The second-order valence-electron chi connectivity index (χ2n) is 10.1. The molecule has 0 unspecified atom stereocenters. The third-order valence-electron chi connectivity index (χ3n) is 7.23. The maximum absolute atomic E-state index is 13.3. The molecule has 0 radical (unpaired) electrons. The molecule has 0 aromatic carbocycles. The summed E-state index contributed by atoms with van der Waals surface area (Å²) < 4.78 is 0. The molecule has 0 atom stereocenters. The van der Waals surface area contributed by atoms with Crippen molar-refractivity contribution in [1.82, 2.24) is 20.1 Å². The summed E-state index contributed by atoms with van der Waals surface area (Å²) in [7, 11) is 0. The molecule has 2 aliphatic heterocycles. The summed E-state index contributed by atoms with van der Waals surface area (Å²) in [6.07, 6.45) is 5.07. The van der Waals surface area contributed by atoms with E-state index in [1.54, 1.807) is 18.3 Å². The number of hydrogen-bond donors (Lipinski definition) is 1. The van der Waals surface area contributed by atoms with Crippen molar-refractivity contribution in [2.45, 2.75) is 52.0 Å². The fraction of sp³-hybridized carbons (Fsp3) is 0.652. The van der Waals surface area contributed by atoms with Gasteiger partial charge in [-0.05, 0) is 49.1 Å². The average Bonchev–Trinajstić information content (AvgIpc) is 2.98. The number of aromatic nitrogens is 1. The van der Waals surface area contributed by atoms with E-state index in [4.69, 9.17) is 0 Å². The Morgan fingerprint density at radius 1 is 1.19 bits per heavy atom. The predicted molar refractivity (Wildman–Crippen MR) is 117 cm³/mol. The van der Waals surface area contributed by atoms with Crippen LogP contribution in [0.3, 0.4) is 0 Å². The van der Waals surface area contributed by atoms with E-state index in [0.717, 1.165) is 25.7 Å². The van der Waals surface area contributed by atoms with Crippen molar-refractivity contribution in [3.8, 4) is 6.07 Å². The lowest BCUT2D eigenvalue weighted by atomic mass is 9.67. The van der Waals surface area contributed by atoms with Crippen LogP contribution >= 0.6 is 0 Å². The molecular formula is C23H32N6O2. The van der Waals surface area contributed by atoms with Crippen molar-refractivity contribution in [3.63, 3.8) is 0 Å². The second-order valence-corrected chi connectivity index (χ2v) is 10.1. The lowest BCUT2D eigenvalue weighted by molar-refractivity contribution is -0.134. The quantitative estimate of drug-likeness (QED) is 0.750. The summed E-state index contributed by atoms with van der Waals surface area (Å²) in [6.45, 7) is 9.89. The lowest BCUT2D eigenvalue weighted by Crippen LogP contribution is -2.53. The smallest absolute Gasteiger partial charge is 0.326 e. The first-order valence-corrected chi connectivity index (χ1v) is 11.2. The number of piperazine rings is 1. The molecule has 8 nitrogen and oxygen atoms in total. The van der Waals surface area contributed by atoms with Crippen LogP contribution in [0, 0.1) is 22.7 Å². The van der Waals surface area contributed by atoms with E-state index >= 15 is 0 Å². The Bertz CT molecular complexity index is 886. The Morgan fingerprint density at radius 2 is 1.87 bits per heavy atom. The van der Waals surface area contributed by atoms with E-state index in [9.17, 15) is 14.9 Å². The van der Waals surface area contributed by atoms with Gasteiger partial charge < -0.3 is 10.2 Å². The molecule has 1 aliphatic carbocycles. The van der Waals surface area contributed by atoms with Gasteiger partial charge in [0.1, 0.15) is 17.4 Å². The van der Waals surface area contributed by atoms with Gasteiger partial charge in [-0.3, -0.25) is 9.69 Å². The van der Waals surface area contributed by atoms with Crippen LogP contribution in [0.15, 0.2) is 18.3 Å². The lowest BCUT2D eigenvalue weighted by Gasteiger charge is -2.41. The Labute approximate surface area is 184 Å². The molecule has 166 valence electrons. The largest absolute Gasteiger partial charge is 0.353 e. The zero-order valence-electron chi connectivity index (χ0n) is 18.7. The first-order chi connectivity index (χ1) is 14.7. The molecule has 3 heterocycles. The van der Waals surface area contributed by atoms with Crippen LogP contribution < -0.4 is 10.2 Å².